The standard InChI is InChI=1S/C9H20N2O2S/c1-4-13-8(12)7-5(2)10-9(14)11-6(7)3/h5-12,14H,4H2,1-3H3. The summed E-state index contributed by atoms with van der Waals surface area (Å²) in [6.07, 6.45) is -0.717. The molecule has 0 aromatic rings. The number of thiol groups is 1. The summed E-state index contributed by atoms with van der Waals surface area (Å²) in [5.74, 6) is 0.0540. The molecule has 1 heterocycles. The van der Waals surface area contributed by atoms with E-state index in [0.29, 0.717) is 6.61 Å². The average Bonchev–Trinajstić information content (AvgIpc) is 2.01. The van der Waals surface area contributed by atoms with Crippen molar-refractivity contribution in [3.05, 3.63) is 0 Å². The Morgan fingerprint density at radius 2 is 1.86 bits per heavy atom. The summed E-state index contributed by atoms with van der Waals surface area (Å²) >= 11 is 4.30. The zero-order chi connectivity index (χ0) is 10.7. The molecule has 1 fully saturated rings. The van der Waals surface area contributed by atoms with Gasteiger partial charge in [0.1, 0.15) is 5.50 Å². The molecule has 84 valence electrons. The quantitative estimate of drug-likeness (QED) is 0.404. The summed E-state index contributed by atoms with van der Waals surface area (Å²) in [6.45, 7) is 6.48. The third-order valence-corrected chi connectivity index (χ3v) is 2.96. The van der Waals surface area contributed by atoms with Crippen molar-refractivity contribution < 1.29 is 9.84 Å². The predicted molar refractivity (Wildman–Crippen MR) is 59.1 cm³/mol. The van der Waals surface area contributed by atoms with Crippen LogP contribution >= 0.6 is 12.6 Å². The van der Waals surface area contributed by atoms with Crippen molar-refractivity contribution in [2.24, 2.45) is 5.92 Å². The van der Waals surface area contributed by atoms with Crippen LogP contribution in [0.2, 0.25) is 0 Å². The van der Waals surface area contributed by atoms with Crippen LogP contribution in [0.3, 0.4) is 0 Å². The van der Waals surface area contributed by atoms with Crippen LogP contribution in [-0.2, 0) is 4.74 Å². The van der Waals surface area contributed by atoms with Crippen LogP contribution in [0.4, 0.5) is 0 Å². The first kappa shape index (κ1) is 12.3. The Morgan fingerprint density at radius 3 is 2.29 bits per heavy atom. The maximum Gasteiger partial charge on any atom is 0.160 e. The normalized spacial score (nSPS) is 40.9. The fraction of sp³-hybridized carbons (Fsp3) is 1.00. The van der Waals surface area contributed by atoms with E-state index in [4.69, 9.17) is 4.74 Å². The van der Waals surface area contributed by atoms with Crippen LogP contribution in [0.15, 0.2) is 0 Å². The van der Waals surface area contributed by atoms with E-state index < -0.39 is 6.29 Å². The van der Waals surface area contributed by atoms with Crippen molar-refractivity contribution in [2.45, 2.75) is 44.6 Å². The van der Waals surface area contributed by atoms with E-state index in [0.717, 1.165) is 0 Å². The Balaban J connectivity index is 2.57. The van der Waals surface area contributed by atoms with E-state index in [1.807, 2.05) is 20.8 Å². The van der Waals surface area contributed by atoms with Crippen LogP contribution < -0.4 is 10.6 Å². The number of aliphatic hydroxyl groups excluding tert-OH is 1. The van der Waals surface area contributed by atoms with Gasteiger partial charge >= 0.3 is 0 Å². The van der Waals surface area contributed by atoms with Gasteiger partial charge in [-0.1, -0.05) is 0 Å². The molecule has 1 rings (SSSR count). The minimum atomic E-state index is -0.717. The molecular weight excluding hydrogens is 200 g/mol. The van der Waals surface area contributed by atoms with Crippen molar-refractivity contribution >= 4 is 12.6 Å². The SMILES string of the molecule is CCOC(O)C1C(C)NC(S)NC1C. The fourth-order valence-corrected chi connectivity index (χ4v) is 2.45. The second-order valence-corrected chi connectivity index (χ2v) is 4.25. The molecule has 3 unspecified atom stereocenters. The maximum atomic E-state index is 9.77. The van der Waals surface area contributed by atoms with Crippen molar-refractivity contribution in [2.75, 3.05) is 6.61 Å². The van der Waals surface area contributed by atoms with Gasteiger partial charge in [-0.3, -0.25) is 10.6 Å². The lowest BCUT2D eigenvalue weighted by molar-refractivity contribution is -0.148. The third kappa shape index (κ3) is 2.84. The highest BCUT2D eigenvalue weighted by Crippen LogP contribution is 2.20. The molecule has 0 saturated carbocycles. The van der Waals surface area contributed by atoms with Crippen LogP contribution in [0, 0.1) is 5.92 Å². The summed E-state index contributed by atoms with van der Waals surface area (Å²) in [4.78, 5) is 0. The molecule has 3 atom stereocenters. The molecule has 0 amide bonds. The molecule has 0 aromatic carbocycles. The average molecular weight is 220 g/mol. The second-order valence-electron chi connectivity index (χ2n) is 3.74. The maximum absolute atomic E-state index is 9.77. The van der Waals surface area contributed by atoms with E-state index in [1.54, 1.807) is 0 Å². The molecular formula is C9H20N2O2S. The van der Waals surface area contributed by atoms with Crippen LogP contribution in [0.5, 0.6) is 0 Å². The summed E-state index contributed by atoms with van der Waals surface area (Å²) in [6, 6.07) is 0.380. The molecule has 3 N–H and O–H groups in total. The monoisotopic (exact) mass is 220 g/mol. The topological polar surface area (TPSA) is 53.5 Å². The van der Waals surface area contributed by atoms with Crippen molar-refractivity contribution in [3.63, 3.8) is 0 Å². The van der Waals surface area contributed by atoms with Gasteiger partial charge in [0.2, 0.25) is 0 Å². The fourth-order valence-electron chi connectivity index (χ4n) is 1.98. The summed E-state index contributed by atoms with van der Waals surface area (Å²) in [5.41, 5.74) is -0.00919. The number of hydrogen-bond acceptors (Lipinski definition) is 5. The van der Waals surface area contributed by atoms with E-state index in [2.05, 4.69) is 23.3 Å². The Hall–Kier alpha value is 0.190. The first-order chi connectivity index (χ1) is 6.56. The number of aliphatic hydroxyl groups is 1. The van der Waals surface area contributed by atoms with Gasteiger partial charge < -0.3 is 9.84 Å². The van der Waals surface area contributed by atoms with E-state index >= 15 is 0 Å². The zero-order valence-electron chi connectivity index (χ0n) is 8.90. The van der Waals surface area contributed by atoms with Crippen LogP contribution in [0.25, 0.3) is 0 Å². The van der Waals surface area contributed by atoms with E-state index in [1.165, 1.54) is 0 Å². The molecule has 1 aliphatic heterocycles. The lowest BCUT2D eigenvalue weighted by Crippen LogP contribution is -2.62. The number of rotatable bonds is 3. The molecule has 5 heteroatoms. The van der Waals surface area contributed by atoms with Gasteiger partial charge in [-0.2, -0.15) is 0 Å². The zero-order valence-corrected chi connectivity index (χ0v) is 9.79. The predicted octanol–water partition coefficient (Wildman–Crippen LogP) is 0.141. The van der Waals surface area contributed by atoms with Gasteiger partial charge in [0.15, 0.2) is 6.29 Å². The lowest BCUT2D eigenvalue weighted by atomic mass is 9.91. The Kier molecular flexibility index (Phi) is 4.66. The first-order valence-corrected chi connectivity index (χ1v) is 5.57. The van der Waals surface area contributed by atoms with Gasteiger partial charge in [0.25, 0.3) is 0 Å². The molecule has 4 nitrogen and oxygen atoms in total. The van der Waals surface area contributed by atoms with Crippen molar-refractivity contribution in [1.82, 2.24) is 10.6 Å². The highest BCUT2D eigenvalue weighted by Gasteiger charge is 2.36. The third-order valence-electron chi connectivity index (χ3n) is 2.66. The smallest absolute Gasteiger partial charge is 0.160 e. The van der Waals surface area contributed by atoms with Crippen molar-refractivity contribution in [1.29, 1.82) is 0 Å². The first-order valence-electron chi connectivity index (χ1n) is 5.06. The number of ether oxygens (including phenoxy) is 1. The molecule has 0 spiro atoms. The highest BCUT2D eigenvalue weighted by atomic mass is 32.1. The molecule has 14 heavy (non-hydrogen) atoms. The molecule has 1 aliphatic rings. The minimum Gasteiger partial charge on any atom is -0.368 e. The summed E-state index contributed by atoms with van der Waals surface area (Å²) in [5, 5.41) is 16.2. The van der Waals surface area contributed by atoms with Gasteiger partial charge in [0.05, 0.1) is 0 Å². The highest BCUT2D eigenvalue weighted by molar-refractivity contribution is 7.80. The summed E-state index contributed by atoms with van der Waals surface area (Å²) in [7, 11) is 0. The van der Waals surface area contributed by atoms with Crippen LogP contribution in [-0.4, -0.2) is 35.6 Å². The molecule has 0 radical (unpaired) electrons. The van der Waals surface area contributed by atoms with E-state index in [-0.39, 0.29) is 23.5 Å². The number of hydrogen-bond donors (Lipinski definition) is 4. The molecule has 0 bridgehead atoms. The lowest BCUT2D eigenvalue weighted by Gasteiger charge is -2.41. The van der Waals surface area contributed by atoms with E-state index in [9.17, 15) is 5.11 Å². The Labute approximate surface area is 90.8 Å². The largest absolute Gasteiger partial charge is 0.368 e. The number of nitrogens with one attached hydrogen (secondary N) is 2. The van der Waals surface area contributed by atoms with Crippen LogP contribution in [0.1, 0.15) is 20.8 Å². The van der Waals surface area contributed by atoms with Crippen molar-refractivity contribution in [3.8, 4) is 0 Å². The molecule has 1 saturated heterocycles. The minimum absolute atomic E-state index is 0.00919. The molecule has 0 aliphatic carbocycles. The van der Waals surface area contributed by atoms with Gasteiger partial charge in [-0.15, -0.1) is 12.6 Å². The Morgan fingerprint density at radius 1 is 1.36 bits per heavy atom. The Bertz CT molecular complexity index is 165. The second kappa shape index (κ2) is 5.32. The van der Waals surface area contributed by atoms with Gasteiger partial charge in [-0.25, -0.2) is 0 Å². The van der Waals surface area contributed by atoms with Gasteiger partial charge in [-0.05, 0) is 20.8 Å². The molecule has 0 aromatic heterocycles. The summed E-state index contributed by atoms with van der Waals surface area (Å²) < 4.78 is 5.21. The van der Waals surface area contributed by atoms with Gasteiger partial charge in [0, 0.05) is 24.6 Å².